The van der Waals surface area contributed by atoms with Crippen LogP contribution in [-0.4, -0.2) is 51.6 Å². The van der Waals surface area contributed by atoms with Crippen molar-refractivity contribution in [3.63, 3.8) is 0 Å². The second kappa shape index (κ2) is 13.2. The molecular formula is C22H31IN4O2. The molecule has 0 saturated heterocycles. The molecule has 0 fully saturated rings. The van der Waals surface area contributed by atoms with Crippen LogP contribution in [0.15, 0.2) is 53.5 Å². The molecule has 2 aromatic carbocycles. The molecule has 2 aromatic rings. The van der Waals surface area contributed by atoms with E-state index in [0.717, 1.165) is 30.1 Å². The molecule has 0 aliphatic carbocycles. The summed E-state index contributed by atoms with van der Waals surface area (Å²) >= 11 is 0. The number of guanidine groups is 1. The Morgan fingerprint density at radius 3 is 2.41 bits per heavy atom. The summed E-state index contributed by atoms with van der Waals surface area (Å²) < 4.78 is 5.18. The first-order chi connectivity index (χ1) is 13.5. The quantitative estimate of drug-likeness (QED) is 0.326. The van der Waals surface area contributed by atoms with Gasteiger partial charge in [0.1, 0.15) is 0 Å². The van der Waals surface area contributed by atoms with Crippen molar-refractivity contribution in [1.29, 1.82) is 0 Å². The monoisotopic (exact) mass is 510 g/mol. The number of methoxy groups -OCH3 is 1. The van der Waals surface area contributed by atoms with E-state index in [1.54, 1.807) is 33.2 Å². The van der Waals surface area contributed by atoms with Gasteiger partial charge in [-0.25, -0.2) is 0 Å². The fourth-order valence-electron chi connectivity index (χ4n) is 2.85. The average molecular weight is 510 g/mol. The second-order valence-corrected chi connectivity index (χ2v) is 6.76. The van der Waals surface area contributed by atoms with Gasteiger partial charge in [0, 0.05) is 46.9 Å². The maximum absolute atomic E-state index is 12.1. The minimum atomic E-state index is 0. The lowest BCUT2D eigenvalue weighted by Gasteiger charge is -2.13. The summed E-state index contributed by atoms with van der Waals surface area (Å²) in [5, 5.41) is 6.64. The molecule has 0 heterocycles. The molecule has 0 radical (unpaired) electrons. The lowest BCUT2D eigenvalue weighted by Crippen LogP contribution is -2.37. The summed E-state index contributed by atoms with van der Waals surface area (Å²) in [6.07, 6.45) is 0.804. The van der Waals surface area contributed by atoms with Gasteiger partial charge in [-0.1, -0.05) is 36.4 Å². The molecule has 0 unspecified atom stereocenters. The number of halogens is 1. The van der Waals surface area contributed by atoms with E-state index in [2.05, 4.69) is 33.8 Å². The van der Waals surface area contributed by atoms with E-state index < -0.39 is 0 Å². The zero-order chi connectivity index (χ0) is 20.4. The van der Waals surface area contributed by atoms with Crippen molar-refractivity contribution in [3.05, 3.63) is 70.8 Å². The number of carbonyl (C=O) groups excluding carboxylic acids is 1. The number of aliphatic imine (C=N–C) groups is 1. The minimum Gasteiger partial charge on any atom is -0.380 e. The summed E-state index contributed by atoms with van der Waals surface area (Å²) in [5.74, 6) is 0.764. The second-order valence-electron chi connectivity index (χ2n) is 6.76. The van der Waals surface area contributed by atoms with Crippen LogP contribution >= 0.6 is 24.0 Å². The SMILES string of the molecule is CN=C(NCCc1cccc(C(=O)N(C)C)c1)NCc1cccc(COC)c1.I. The van der Waals surface area contributed by atoms with Crippen molar-refractivity contribution in [1.82, 2.24) is 15.5 Å². The van der Waals surface area contributed by atoms with Crippen molar-refractivity contribution in [2.24, 2.45) is 4.99 Å². The van der Waals surface area contributed by atoms with Crippen LogP contribution < -0.4 is 10.6 Å². The third-order valence-electron chi connectivity index (χ3n) is 4.27. The largest absolute Gasteiger partial charge is 0.380 e. The van der Waals surface area contributed by atoms with Crippen LogP contribution in [0.5, 0.6) is 0 Å². The van der Waals surface area contributed by atoms with Crippen LogP contribution in [0.4, 0.5) is 0 Å². The first-order valence-corrected chi connectivity index (χ1v) is 9.35. The van der Waals surface area contributed by atoms with Crippen LogP contribution in [0.25, 0.3) is 0 Å². The van der Waals surface area contributed by atoms with Crippen LogP contribution in [-0.2, 0) is 24.3 Å². The first kappa shape index (κ1) is 24.9. The third-order valence-corrected chi connectivity index (χ3v) is 4.27. The summed E-state index contributed by atoms with van der Waals surface area (Å²) in [6.45, 7) is 2.02. The van der Waals surface area contributed by atoms with E-state index in [1.807, 2.05) is 30.3 Å². The zero-order valence-corrected chi connectivity index (χ0v) is 19.9. The highest BCUT2D eigenvalue weighted by atomic mass is 127. The maximum atomic E-state index is 12.1. The van der Waals surface area contributed by atoms with Crippen LogP contribution in [0.2, 0.25) is 0 Å². The Hall–Kier alpha value is -2.13. The van der Waals surface area contributed by atoms with Crippen molar-refractivity contribution in [2.45, 2.75) is 19.6 Å². The van der Waals surface area contributed by atoms with Gasteiger partial charge in [0.2, 0.25) is 0 Å². The number of hydrogen-bond acceptors (Lipinski definition) is 3. The number of carbonyl (C=O) groups is 1. The van der Waals surface area contributed by atoms with E-state index in [1.165, 1.54) is 5.56 Å². The number of nitrogens with zero attached hydrogens (tertiary/aromatic N) is 2. The normalized spacial score (nSPS) is 10.8. The van der Waals surface area contributed by atoms with E-state index in [4.69, 9.17) is 4.74 Å². The van der Waals surface area contributed by atoms with E-state index in [0.29, 0.717) is 18.7 Å². The Morgan fingerprint density at radius 2 is 1.72 bits per heavy atom. The predicted molar refractivity (Wildman–Crippen MR) is 129 cm³/mol. The van der Waals surface area contributed by atoms with Gasteiger partial charge in [-0.2, -0.15) is 0 Å². The molecule has 0 spiro atoms. The molecule has 0 atom stereocenters. The molecular weight excluding hydrogens is 479 g/mol. The van der Waals surface area contributed by atoms with Gasteiger partial charge in [-0.05, 0) is 35.2 Å². The number of benzene rings is 2. The van der Waals surface area contributed by atoms with Crippen molar-refractivity contribution in [3.8, 4) is 0 Å². The maximum Gasteiger partial charge on any atom is 0.253 e. The topological polar surface area (TPSA) is 66.0 Å². The van der Waals surface area contributed by atoms with Crippen molar-refractivity contribution in [2.75, 3.05) is 34.8 Å². The van der Waals surface area contributed by atoms with Gasteiger partial charge < -0.3 is 20.3 Å². The lowest BCUT2D eigenvalue weighted by atomic mass is 10.1. The number of amides is 1. The highest BCUT2D eigenvalue weighted by molar-refractivity contribution is 14.0. The predicted octanol–water partition coefficient (Wildman–Crippen LogP) is 3.06. The molecule has 2 N–H and O–H groups in total. The van der Waals surface area contributed by atoms with Crippen LogP contribution in [0.3, 0.4) is 0 Å². The molecule has 0 aliphatic rings. The highest BCUT2D eigenvalue weighted by Crippen LogP contribution is 2.08. The summed E-state index contributed by atoms with van der Waals surface area (Å²) in [5.41, 5.74) is 4.15. The third kappa shape index (κ3) is 8.41. The Morgan fingerprint density at radius 1 is 1.03 bits per heavy atom. The van der Waals surface area contributed by atoms with E-state index in [-0.39, 0.29) is 29.9 Å². The fraction of sp³-hybridized carbons (Fsp3) is 0.364. The molecule has 2 rings (SSSR count). The molecule has 7 heteroatoms. The minimum absolute atomic E-state index is 0. The smallest absolute Gasteiger partial charge is 0.253 e. The Labute approximate surface area is 190 Å². The summed E-state index contributed by atoms with van der Waals surface area (Å²) in [4.78, 5) is 17.9. The number of nitrogens with one attached hydrogen (secondary N) is 2. The van der Waals surface area contributed by atoms with E-state index in [9.17, 15) is 4.79 Å². The van der Waals surface area contributed by atoms with Crippen molar-refractivity contribution >= 4 is 35.8 Å². The summed E-state index contributed by atoms with van der Waals surface area (Å²) in [7, 11) is 6.98. The molecule has 1 amide bonds. The Balaban J connectivity index is 0.00000420. The average Bonchev–Trinajstić information content (AvgIpc) is 2.70. The standard InChI is InChI=1S/C22H30N4O2.HI/c1-23-22(25-15-18-8-5-9-19(13-18)16-28-4)24-12-11-17-7-6-10-20(14-17)21(27)26(2)3;/h5-10,13-14H,11-12,15-16H2,1-4H3,(H2,23,24,25);1H. The van der Waals surface area contributed by atoms with Gasteiger partial charge in [0.25, 0.3) is 5.91 Å². The number of ether oxygens (including phenoxy) is 1. The fourth-order valence-corrected chi connectivity index (χ4v) is 2.85. The molecule has 0 aliphatic heterocycles. The van der Waals surface area contributed by atoms with Gasteiger partial charge in [0.15, 0.2) is 5.96 Å². The number of rotatable bonds is 8. The highest BCUT2D eigenvalue weighted by Gasteiger charge is 2.08. The van der Waals surface area contributed by atoms with E-state index >= 15 is 0 Å². The van der Waals surface area contributed by atoms with Gasteiger partial charge in [0.05, 0.1) is 6.61 Å². The first-order valence-electron chi connectivity index (χ1n) is 9.35. The number of hydrogen-bond donors (Lipinski definition) is 2. The van der Waals surface area contributed by atoms with Gasteiger partial charge >= 0.3 is 0 Å². The molecule has 158 valence electrons. The summed E-state index contributed by atoms with van der Waals surface area (Å²) in [6, 6.07) is 16.0. The Kier molecular flexibility index (Phi) is 11.3. The Bertz CT molecular complexity index is 809. The molecule has 29 heavy (non-hydrogen) atoms. The molecule has 6 nitrogen and oxygen atoms in total. The lowest BCUT2D eigenvalue weighted by molar-refractivity contribution is 0.0827. The van der Waals surface area contributed by atoms with Crippen molar-refractivity contribution < 1.29 is 9.53 Å². The van der Waals surface area contributed by atoms with Crippen LogP contribution in [0.1, 0.15) is 27.0 Å². The molecule has 0 saturated carbocycles. The molecule has 0 bridgehead atoms. The van der Waals surface area contributed by atoms with Gasteiger partial charge in [-0.15, -0.1) is 24.0 Å². The zero-order valence-electron chi connectivity index (χ0n) is 17.6. The van der Waals surface area contributed by atoms with Crippen LogP contribution in [0, 0.1) is 0 Å². The van der Waals surface area contributed by atoms with Gasteiger partial charge in [-0.3, -0.25) is 9.79 Å². The molecule has 0 aromatic heterocycles.